The molecule has 0 spiro atoms. The zero-order valence-corrected chi connectivity index (χ0v) is 15.3. The van der Waals surface area contributed by atoms with Gasteiger partial charge >= 0.3 is 6.18 Å². The summed E-state index contributed by atoms with van der Waals surface area (Å²) >= 11 is 0. The van der Waals surface area contributed by atoms with Crippen molar-refractivity contribution in [3.8, 4) is 0 Å². The number of rotatable bonds is 8. The molecule has 6 nitrogen and oxygen atoms in total. The van der Waals surface area contributed by atoms with E-state index in [1.807, 2.05) is 0 Å². The van der Waals surface area contributed by atoms with Gasteiger partial charge in [-0.25, -0.2) is 4.68 Å². The average molecular weight is 374 g/mol. The van der Waals surface area contributed by atoms with Crippen LogP contribution in [0.2, 0.25) is 25.7 Å². The van der Waals surface area contributed by atoms with Crippen LogP contribution in [0.4, 0.5) is 13.2 Å². The average Bonchev–Trinajstić information content (AvgIpc) is 2.73. The van der Waals surface area contributed by atoms with Crippen LogP contribution in [0.1, 0.15) is 11.3 Å². The van der Waals surface area contributed by atoms with Crippen molar-refractivity contribution in [2.24, 2.45) is 0 Å². The Labute approximate surface area is 134 Å². The molecule has 1 heterocycles. The lowest BCUT2D eigenvalue weighted by Gasteiger charge is -2.15. The molecule has 0 fully saturated rings. The van der Waals surface area contributed by atoms with E-state index in [1.165, 1.54) is 0 Å². The second-order valence-corrected chi connectivity index (χ2v) is 13.6. The number of ether oxygens (including phenoxy) is 1. The molecule has 134 valence electrons. The minimum absolute atomic E-state index is 0.133. The lowest BCUT2D eigenvalue weighted by molar-refractivity contribution is -0.142. The standard InChI is InChI=1S/C12H21F3N2O4SSi/c1-22(18,19)21-8-10-7-17(16-11(10)12(13,14)15)9-20-5-6-23(2,3)4/h7H,5-6,8-9H2,1-4H3. The highest BCUT2D eigenvalue weighted by molar-refractivity contribution is 7.85. The maximum Gasteiger partial charge on any atom is 0.435 e. The van der Waals surface area contributed by atoms with E-state index in [9.17, 15) is 21.6 Å². The highest BCUT2D eigenvalue weighted by Crippen LogP contribution is 2.31. The van der Waals surface area contributed by atoms with Gasteiger partial charge in [-0.15, -0.1) is 0 Å². The molecule has 0 aromatic carbocycles. The van der Waals surface area contributed by atoms with Crippen molar-refractivity contribution in [2.45, 2.75) is 45.2 Å². The summed E-state index contributed by atoms with van der Waals surface area (Å²) in [4.78, 5) is 0. The van der Waals surface area contributed by atoms with Gasteiger partial charge in [0.15, 0.2) is 5.69 Å². The Morgan fingerprint density at radius 1 is 1.30 bits per heavy atom. The Bertz CT molecular complexity index is 623. The Kier molecular flexibility index (Phi) is 6.41. The summed E-state index contributed by atoms with van der Waals surface area (Å²) in [5.41, 5.74) is -1.52. The normalized spacial score (nSPS) is 13.5. The summed E-state index contributed by atoms with van der Waals surface area (Å²) in [5.74, 6) is 0. The van der Waals surface area contributed by atoms with Crippen LogP contribution in [0.5, 0.6) is 0 Å². The van der Waals surface area contributed by atoms with Gasteiger partial charge in [-0.3, -0.25) is 4.18 Å². The van der Waals surface area contributed by atoms with Gasteiger partial charge in [0.2, 0.25) is 0 Å². The number of nitrogens with zero attached hydrogens (tertiary/aromatic N) is 2. The van der Waals surface area contributed by atoms with Crippen LogP contribution in [0.3, 0.4) is 0 Å². The molecule has 23 heavy (non-hydrogen) atoms. The molecular formula is C12H21F3N2O4SSi. The van der Waals surface area contributed by atoms with Gasteiger partial charge in [0.05, 0.1) is 12.9 Å². The van der Waals surface area contributed by atoms with Crippen molar-refractivity contribution in [1.29, 1.82) is 0 Å². The third-order valence-corrected chi connectivity index (χ3v) is 5.00. The van der Waals surface area contributed by atoms with Crippen LogP contribution in [0.15, 0.2) is 6.20 Å². The summed E-state index contributed by atoms with van der Waals surface area (Å²) < 4.78 is 71.3. The fourth-order valence-corrected chi connectivity index (χ4v) is 2.68. The van der Waals surface area contributed by atoms with Gasteiger partial charge in [0.1, 0.15) is 6.73 Å². The Balaban J connectivity index is 2.76. The van der Waals surface area contributed by atoms with Gasteiger partial charge in [0.25, 0.3) is 10.1 Å². The van der Waals surface area contributed by atoms with Gasteiger partial charge in [-0.2, -0.15) is 26.7 Å². The first kappa shape index (κ1) is 20.1. The first-order chi connectivity index (χ1) is 10.3. The SMILES string of the molecule is C[Si](C)(C)CCOCn1cc(COS(C)(=O)=O)c(C(F)(F)F)n1. The lowest BCUT2D eigenvalue weighted by atomic mass is 10.2. The summed E-state index contributed by atoms with van der Waals surface area (Å²) in [6.45, 7) is 6.06. The molecule has 0 amide bonds. The molecule has 0 aliphatic rings. The number of halogens is 3. The second kappa shape index (κ2) is 7.32. The van der Waals surface area contributed by atoms with E-state index in [1.54, 1.807) is 0 Å². The van der Waals surface area contributed by atoms with Crippen LogP contribution in [-0.4, -0.2) is 39.1 Å². The maximum atomic E-state index is 12.9. The zero-order valence-electron chi connectivity index (χ0n) is 13.5. The number of alkyl halides is 3. The van der Waals surface area contributed by atoms with Crippen molar-refractivity contribution in [3.63, 3.8) is 0 Å². The van der Waals surface area contributed by atoms with Crippen LogP contribution >= 0.6 is 0 Å². The number of hydrogen-bond acceptors (Lipinski definition) is 5. The summed E-state index contributed by atoms with van der Waals surface area (Å²) in [7, 11) is -5.13. The predicted octanol–water partition coefficient (Wildman–Crippen LogP) is 2.69. The van der Waals surface area contributed by atoms with Crippen molar-refractivity contribution < 1.29 is 30.5 Å². The highest BCUT2D eigenvalue weighted by atomic mass is 32.2. The van der Waals surface area contributed by atoms with E-state index in [-0.39, 0.29) is 12.3 Å². The topological polar surface area (TPSA) is 70.4 Å². The van der Waals surface area contributed by atoms with E-state index < -0.39 is 36.7 Å². The zero-order chi connectivity index (χ0) is 17.9. The molecule has 0 bridgehead atoms. The van der Waals surface area contributed by atoms with E-state index in [2.05, 4.69) is 28.9 Å². The fraction of sp³-hybridized carbons (Fsp3) is 0.750. The summed E-state index contributed by atoms with van der Waals surface area (Å²) in [6, 6.07) is 0.879. The van der Waals surface area contributed by atoms with Gasteiger partial charge in [-0.05, 0) is 6.04 Å². The molecule has 1 aromatic heterocycles. The first-order valence-corrected chi connectivity index (χ1v) is 12.4. The molecule has 0 atom stereocenters. The van der Waals surface area contributed by atoms with Gasteiger partial charge < -0.3 is 4.74 Å². The van der Waals surface area contributed by atoms with Crippen LogP contribution in [0.25, 0.3) is 0 Å². The fourth-order valence-electron chi connectivity index (χ4n) is 1.58. The molecule has 0 aliphatic carbocycles. The molecule has 0 unspecified atom stereocenters. The van der Waals surface area contributed by atoms with E-state index in [0.717, 1.165) is 23.2 Å². The highest BCUT2D eigenvalue weighted by Gasteiger charge is 2.37. The van der Waals surface area contributed by atoms with Crippen molar-refractivity contribution >= 4 is 18.2 Å². The molecule has 1 rings (SSSR count). The summed E-state index contributed by atoms with van der Waals surface area (Å²) in [6.07, 6.45) is -2.84. The molecule has 0 N–H and O–H groups in total. The number of hydrogen-bond donors (Lipinski definition) is 0. The van der Waals surface area contributed by atoms with Gasteiger partial charge in [-0.1, -0.05) is 19.6 Å². The molecule has 11 heteroatoms. The number of aromatic nitrogens is 2. The van der Waals surface area contributed by atoms with E-state index in [4.69, 9.17) is 4.74 Å². The smallest absolute Gasteiger partial charge is 0.360 e. The molecule has 0 aliphatic heterocycles. The largest absolute Gasteiger partial charge is 0.435 e. The predicted molar refractivity (Wildman–Crippen MR) is 81.0 cm³/mol. The Morgan fingerprint density at radius 3 is 2.39 bits per heavy atom. The second-order valence-electron chi connectivity index (χ2n) is 6.35. The van der Waals surface area contributed by atoms with Crippen LogP contribution in [-0.2, 0) is 38.6 Å². The summed E-state index contributed by atoms with van der Waals surface area (Å²) in [5, 5.41) is 3.42. The monoisotopic (exact) mass is 374 g/mol. The molecule has 0 saturated heterocycles. The maximum absolute atomic E-state index is 12.9. The Morgan fingerprint density at radius 2 is 1.91 bits per heavy atom. The van der Waals surface area contributed by atoms with Crippen LogP contribution in [0, 0.1) is 0 Å². The van der Waals surface area contributed by atoms with Gasteiger partial charge in [0, 0.05) is 26.4 Å². The minimum atomic E-state index is -4.69. The molecule has 1 aromatic rings. The molecule has 0 radical (unpaired) electrons. The van der Waals surface area contributed by atoms with E-state index >= 15 is 0 Å². The van der Waals surface area contributed by atoms with Crippen LogP contribution < -0.4 is 0 Å². The lowest BCUT2D eigenvalue weighted by Crippen LogP contribution is -2.22. The van der Waals surface area contributed by atoms with Crippen molar-refractivity contribution in [3.05, 3.63) is 17.5 Å². The minimum Gasteiger partial charge on any atom is -0.360 e. The first-order valence-electron chi connectivity index (χ1n) is 6.84. The van der Waals surface area contributed by atoms with Crippen molar-refractivity contribution in [1.82, 2.24) is 9.78 Å². The molecule has 0 saturated carbocycles. The van der Waals surface area contributed by atoms with E-state index in [0.29, 0.717) is 6.61 Å². The van der Waals surface area contributed by atoms with Crippen molar-refractivity contribution in [2.75, 3.05) is 12.9 Å². The quantitative estimate of drug-likeness (QED) is 0.397. The Hall–Kier alpha value is -0.913. The third kappa shape index (κ3) is 7.95. The third-order valence-electron chi connectivity index (χ3n) is 2.75. The molecular weight excluding hydrogens is 353 g/mol.